The van der Waals surface area contributed by atoms with Crippen LogP contribution in [0.4, 0.5) is 5.82 Å². The van der Waals surface area contributed by atoms with Crippen LogP contribution < -0.4 is 4.90 Å². The number of likely N-dealkylation sites (tertiary alicyclic amines) is 2. The van der Waals surface area contributed by atoms with Gasteiger partial charge >= 0.3 is 0 Å². The first-order chi connectivity index (χ1) is 16.1. The molecule has 0 aliphatic carbocycles. The summed E-state index contributed by atoms with van der Waals surface area (Å²) in [7, 11) is 0. The Bertz CT molecular complexity index is 1020. The van der Waals surface area contributed by atoms with Gasteiger partial charge in [-0.05, 0) is 51.0 Å². The van der Waals surface area contributed by atoms with Crippen LogP contribution in [0.3, 0.4) is 0 Å². The maximum Gasteiger partial charge on any atom is 0.242 e. The number of hydrogen-bond donors (Lipinski definition) is 0. The van der Waals surface area contributed by atoms with Crippen molar-refractivity contribution in [3.63, 3.8) is 0 Å². The van der Waals surface area contributed by atoms with E-state index in [1.165, 1.54) is 11.1 Å². The largest absolute Gasteiger partial charge is 0.356 e. The van der Waals surface area contributed by atoms with Crippen molar-refractivity contribution in [2.24, 2.45) is 0 Å². The average Bonchev–Trinajstić information content (AvgIpc) is 3.48. The second kappa shape index (κ2) is 9.49. The van der Waals surface area contributed by atoms with Gasteiger partial charge in [0.05, 0.1) is 12.6 Å². The van der Waals surface area contributed by atoms with Crippen molar-refractivity contribution in [2.45, 2.75) is 57.9 Å². The van der Waals surface area contributed by atoms with E-state index in [2.05, 4.69) is 42.2 Å². The number of rotatable bonds is 6. The number of anilines is 1. The normalized spacial score (nSPS) is 20.5. The Hall–Kier alpha value is -2.96. The maximum absolute atomic E-state index is 13.1. The predicted molar refractivity (Wildman–Crippen MR) is 127 cm³/mol. The minimum atomic E-state index is -0.0999. The molecule has 33 heavy (non-hydrogen) atoms. The molecule has 4 heterocycles. The highest BCUT2D eigenvalue weighted by molar-refractivity contribution is 5.86. The second-order valence-electron chi connectivity index (χ2n) is 9.46. The van der Waals surface area contributed by atoms with Gasteiger partial charge in [0.1, 0.15) is 5.82 Å². The highest BCUT2D eigenvalue weighted by atomic mass is 16.2. The highest BCUT2D eigenvalue weighted by Crippen LogP contribution is 2.34. The quantitative estimate of drug-likeness (QED) is 0.681. The zero-order valence-electron chi connectivity index (χ0n) is 19.5. The third-order valence-electron chi connectivity index (χ3n) is 7.25. The van der Waals surface area contributed by atoms with Crippen molar-refractivity contribution in [3.05, 3.63) is 53.0 Å². The minimum Gasteiger partial charge on any atom is -0.356 e. The number of nitrogens with zero attached hydrogens (tertiary/aromatic N) is 5. The Morgan fingerprint density at radius 3 is 2.58 bits per heavy atom. The lowest BCUT2D eigenvalue weighted by molar-refractivity contribution is -0.139. The molecule has 3 aliphatic rings. The molecule has 7 nitrogen and oxygen atoms in total. The standard InChI is InChI=1S/C26H33N5O2/c1-19-21-10-5-14-29(17-13-20-8-3-2-4-9-20)26(21)28-25(27-19)22-11-6-16-31(22)24(33)18-30-15-7-12-23(30)32/h2-4,8-9,22H,5-7,10-18H2,1H3. The van der Waals surface area contributed by atoms with Crippen LogP contribution in [0, 0.1) is 6.92 Å². The van der Waals surface area contributed by atoms with Crippen molar-refractivity contribution in [2.75, 3.05) is 37.6 Å². The Labute approximate surface area is 195 Å². The molecule has 2 saturated heterocycles. The molecule has 2 aromatic rings. The van der Waals surface area contributed by atoms with Gasteiger partial charge in [-0.25, -0.2) is 9.97 Å². The fraction of sp³-hybridized carbons (Fsp3) is 0.538. The first-order valence-corrected chi connectivity index (χ1v) is 12.3. The molecule has 0 N–H and O–H groups in total. The van der Waals surface area contributed by atoms with Gasteiger partial charge in [0, 0.05) is 43.9 Å². The van der Waals surface area contributed by atoms with Gasteiger partial charge in [0.15, 0.2) is 5.82 Å². The summed E-state index contributed by atoms with van der Waals surface area (Å²) >= 11 is 0. The van der Waals surface area contributed by atoms with E-state index in [4.69, 9.17) is 9.97 Å². The van der Waals surface area contributed by atoms with Crippen LogP contribution in [-0.4, -0.2) is 64.3 Å². The Morgan fingerprint density at radius 2 is 1.79 bits per heavy atom. The van der Waals surface area contributed by atoms with Crippen LogP contribution in [-0.2, 0) is 22.4 Å². The molecule has 3 aliphatic heterocycles. The molecule has 5 rings (SSSR count). The molecule has 0 bridgehead atoms. The first-order valence-electron chi connectivity index (χ1n) is 12.3. The van der Waals surface area contributed by atoms with Crippen LogP contribution in [0.2, 0.25) is 0 Å². The topological polar surface area (TPSA) is 69.6 Å². The Kier molecular flexibility index (Phi) is 6.29. The summed E-state index contributed by atoms with van der Waals surface area (Å²) in [6.45, 7) is 5.59. The summed E-state index contributed by atoms with van der Waals surface area (Å²) in [4.78, 5) is 41.1. The van der Waals surface area contributed by atoms with Crippen molar-refractivity contribution in [1.82, 2.24) is 19.8 Å². The molecule has 0 spiro atoms. The average molecular weight is 448 g/mol. The fourth-order valence-corrected chi connectivity index (χ4v) is 5.44. The van der Waals surface area contributed by atoms with Crippen LogP contribution in [0.15, 0.2) is 30.3 Å². The number of carbonyl (C=O) groups is 2. The van der Waals surface area contributed by atoms with Gasteiger partial charge in [0.2, 0.25) is 11.8 Å². The summed E-state index contributed by atoms with van der Waals surface area (Å²) in [6, 6.07) is 10.5. The van der Waals surface area contributed by atoms with Gasteiger partial charge in [0.25, 0.3) is 0 Å². The molecule has 174 valence electrons. The number of aromatic nitrogens is 2. The predicted octanol–water partition coefficient (Wildman–Crippen LogP) is 3.07. The Balaban J connectivity index is 1.35. The molecule has 7 heteroatoms. The molecular formula is C26H33N5O2. The number of fused-ring (bicyclic) bond motifs is 1. The molecular weight excluding hydrogens is 414 g/mol. The molecule has 0 saturated carbocycles. The monoisotopic (exact) mass is 447 g/mol. The lowest BCUT2D eigenvalue weighted by Gasteiger charge is -2.32. The number of carbonyl (C=O) groups excluding carboxylic acids is 2. The summed E-state index contributed by atoms with van der Waals surface area (Å²) in [5.41, 5.74) is 3.62. The molecule has 1 aromatic carbocycles. The van der Waals surface area contributed by atoms with E-state index in [1.807, 2.05) is 4.90 Å². The van der Waals surface area contributed by atoms with Crippen molar-refractivity contribution >= 4 is 17.6 Å². The third-order valence-corrected chi connectivity index (χ3v) is 7.25. The SMILES string of the molecule is Cc1nc(C2CCCN2C(=O)CN2CCCC2=O)nc2c1CCCN2CCc1ccccc1. The lowest BCUT2D eigenvalue weighted by Crippen LogP contribution is -2.41. The van der Waals surface area contributed by atoms with Crippen LogP contribution in [0.1, 0.15) is 60.8 Å². The van der Waals surface area contributed by atoms with Gasteiger partial charge in [-0.3, -0.25) is 9.59 Å². The van der Waals surface area contributed by atoms with Crippen LogP contribution in [0.5, 0.6) is 0 Å². The number of amides is 2. The van der Waals surface area contributed by atoms with Gasteiger partial charge in [-0.15, -0.1) is 0 Å². The number of aryl methyl sites for hydroxylation is 1. The van der Waals surface area contributed by atoms with E-state index >= 15 is 0 Å². The number of hydrogen-bond acceptors (Lipinski definition) is 5. The Morgan fingerprint density at radius 1 is 1.00 bits per heavy atom. The minimum absolute atomic E-state index is 0.0210. The molecule has 1 aromatic heterocycles. The van der Waals surface area contributed by atoms with Gasteiger partial charge in [-0.2, -0.15) is 0 Å². The van der Waals surface area contributed by atoms with Gasteiger partial charge < -0.3 is 14.7 Å². The molecule has 1 unspecified atom stereocenters. The van der Waals surface area contributed by atoms with E-state index in [-0.39, 0.29) is 24.4 Å². The molecule has 2 fully saturated rings. The highest BCUT2D eigenvalue weighted by Gasteiger charge is 2.35. The summed E-state index contributed by atoms with van der Waals surface area (Å²) < 4.78 is 0. The summed E-state index contributed by atoms with van der Waals surface area (Å²) in [5.74, 6) is 1.92. The van der Waals surface area contributed by atoms with Crippen LogP contribution in [0.25, 0.3) is 0 Å². The van der Waals surface area contributed by atoms with Crippen LogP contribution >= 0.6 is 0 Å². The zero-order chi connectivity index (χ0) is 22.8. The van der Waals surface area contributed by atoms with E-state index < -0.39 is 0 Å². The fourth-order valence-electron chi connectivity index (χ4n) is 5.44. The summed E-state index contributed by atoms with van der Waals surface area (Å²) in [5, 5.41) is 0. The lowest BCUT2D eigenvalue weighted by atomic mass is 10.0. The maximum atomic E-state index is 13.1. The van der Waals surface area contributed by atoms with E-state index in [9.17, 15) is 9.59 Å². The summed E-state index contributed by atoms with van der Waals surface area (Å²) in [6.07, 6.45) is 6.33. The molecule has 2 amide bonds. The zero-order valence-corrected chi connectivity index (χ0v) is 19.5. The van der Waals surface area contributed by atoms with Gasteiger partial charge in [-0.1, -0.05) is 30.3 Å². The molecule has 0 radical (unpaired) electrons. The van der Waals surface area contributed by atoms with E-state index in [0.717, 1.165) is 69.0 Å². The van der Waals surface area contributed by atoms with E-state index in [0.29, 0.717) is 19.5 Å². The second-order valence-corrected chi connectivity index (χ2v) is 9.46. The smallest absolute Gasteiger partial charge is 0.242 e. The van der Waals surface area contributed by atoms with Crippen molar-refractivity contribution < 1.29 is 9.59 Å². The first kappa shape index (κ1) is 21.9. The third kappa shape index (κ3) is 4.59. The van der Waals surface area contributed by atoms with Crippen molar-refractivity contribution in [1.29, 1.82) is 0 Å². The van der Waals surface area contributed by atoms with Crippen molar-refractivity contribution in [3.8, 4) is 0 Å². The van der Waals surface area contributed by atoms with E-state index in [1.54, 1.807) is 4.90 Å². The number of benzene rings is 1. The molecule has 1 atom stereocenters.